The van der Waals surface area contributed by atoms with Crippen LogP contribution < -0.4 is 11.2 Å². The molecule has 0 aromatic rings. The van der Waals surface area contributed by atoms with Gasteiger partial charge in [-0.3, -0.25) is 24.6 Å². The topological polar surface area (TPSA) is 110 Å². The van der Waals surface area contributed by atoms with Crippen LogP contribution in [0.5, 0.6) is 0 Å². The Morgan fingerprint density at radius 3 is 2.20 bits per heavy atom. The molecule has 1 aliphatic heterocycles. The lowest BCUT2D eigenvalue weighted by Gasteiger charge is -2.14. The number of nitrogens with zero attached hydrogens (tertiary/aromatic N) is 1. The zero-order chi connectivity index (χ0) is 11.4. The number of carbonyl (C=O) groups excluding carboxylic acids is 4. The third kappa shape index (κ3) is 2.90. The second-order valence-electron chi connectivity index (χ2n) is 2.85. The largest absolute Gasteiger partial charge is 0.370 e. The van der Waals surface area contributed by atoms with Crippen LogP contribution in [0.3, 0.4) is 0 Å². The van der Waals surface area contributed by atoms with Crippen molar-refractivity contribution in [1.29, 1.82) is 0 Å². The summed E-state index contributed by atoms with van der Waals surface area (Å²) in [7, 11) is 0. The number of imide groups is 1. The fraction of sp³-hybridized carbons (Fsp3) is 0.250. The molecule has 0 radical (unpaired) electrons. The lowest BCUT2D eigenvalue weighted by atomic mass is 10.3. The van der Waals surface area contributed by atoms with Gasteiger partial charge < -0.3 is 5.73 Å². The highest BCUT2D eigenvalue weighted by Crippen LogP contribution is 2.00. The summed E-state index contributed by atoms with van der Waals surface area (Å²) in [6.45, 7) is 0. The minimum absolute atomic E-state index is 0.129. The number of hydrogen-bond acceptors (Lipinski definition) is 4. The van der Waals surface area contributed by atoms with E-state index >= 15 is 0 Å². The fourth-order valence-electron chi connectivity index (χ4n) is 0.928. The van der Waals surface area contributed by atoms with E-state index in [2.05, 4.69) is 5.43 Å². The molecule has 0 saturated carbocycles. The predicted octanol–water partition coefficient (Wildman–Crippen LogP) is -1.79. The molecule has 0 spiro atoms. The Kier molecular flexibility index (Phi) is 3.17. The summed E-state index contributed by atoms with van der Waals surface area (Å²) >= 11 is 0. The van der Waals surface area contributed by atoms with Crippen molar-refractivity contribution in [3.8, 4) is 0 Å². The Labute approximate surface area is 84.9 Å². The maximum Gasteiger partial charge on any atom is 0.272 e. The van der Waals surface area contributed by atoms with Gasteiger partial charge in [0.25, 0.3) is 11.8 Å². The fourth-order valence-corrected chi connectivity index (χ4v) is 0.928. The summed E-state index contributed by atoms with van der Waals surface area (Å²) in [4.78, 5) is 43.4. The Morgan fingerprint density at radius 1 is 1.20 bits per heavy atom. The first-order chi connectivity index (χ1) is 7.00. The molecule has 3 N–H and O–H groups in total. The molecule has 7 nitrogen and oxygen atoms in total. The third-order valence-corrected chi connectivity index (χ3v) is 1.64. The van der Waals surface area contributed by atoms with Crippen LogP contribution in [0.4, 0.5) is 0 Å². The highest BCUT2D eigenvalue weighted by atomic mass is 16.2. The maximum atomic E-state index is 11.1. The number of hydrazine groups is 1. The molecule has 0 atom stereocenters. The summed E-state index contributed by atoms with van der Waals surface area (Å²) in [5, 5.41) is 0.573. The first-order valence-corrected chi connectivity index (χ1v) is 4.14. The summed E-state index contributed by atoms with van der Waals surface area (Å²) in [6, 6.07) is 0. The standard InChI is InChI=1S/C8H9N3O4/c9-5(12)1-2-6(13)10-11-7(14)3-4-8(11)15/h3-4H,1-2H2,(H2,9,12)(H,10,13). The van der Waals surface area contributed by atoms with Crippen molar-refractivity contribution < 1.29 is 19.2 Å². The van der Waals surface area contributed by atoms with Crippen LogP contribution in [0.25, 0.3) is 0 Å². The molecule has 0 fully saturated rings. The Bertz CT molecular complexity index is 343. The average Bonchev–Trinajstić information content (AvgIpc) is 2.46. The van der Waals surface area contributed by atoms with Crippen molar-refractivity contribution in [2.75, 3.05) is 0 Å². The summed E-state index contributed by atoms with van der Waals surface area (Å²) < 4.78 is 0. The molecule has 15 heavy (non-hydrogen) atoms. The summed E-state index contributed by atoms with van der Waals surface area (Å²) in [5.74, 6) is -2.47. The lowest BCUT2D eigenvalue weighted by Crippen LogP contribution is -2.46. The summed E-state index contributed by atoms with van der Waals surface area (Å²) in [5.41, 5.74) is 6.88. The average molecular weight is 211 g/mol. The second-order valence-corrected chi connectivity index (χ2v) is 2.85. The lowest BCUT2D eigenvalue weighted by molar-refractivity contribution is -0.146. The molecule has 0 unspecified atom stereocenters. The molecule has 0 aliphatic carbocycles. The molecule has 1 aliphatic rings. The van der Waals surface area contributed by atoms with Gasteiger partial charge in [0.2, 0.25) is 11.8 Å². The number of primary amides is 1. The second kappa shape index (κ2) is 4.36. The molecule has 0 saturated heterocycles. The number of amides is 4. The smallest absolute Gasteiger partial charge is 0.272 e. The van der Waals surface area contributed by atoms with Crippen molar-refractivity contribution in [2.24, 2.45) is 5.73 Å². The van der Waals surface area contributed by atoms with Gasteiger partial charge in [-0.1, -0.05) is 0 Å². The normalized spacial score (nSPS) is 14.5. The van der Waals surface area contributed by atoms with E-state index < -0.39 is 23.6 Å². The molecular weight excluding hydrogens is 202 g/mol. The van der Waals surface area contributed by atoms with E-state index in [-0.39, 0.29) is 12.8 Å². The molecule has 0 aromatic heterocycles. The molecule has 1 heterocycles. The van der Waals surface area contributed by atoms with E-state index in [1.807, 2.05) is 0 Å². The van der Waals surface area contributed by atoms with Gasteiger partial charge in [-0.15, -0.1) is 0 Å². The van der Waals surface area contributed by atoms with Gasteiger partial charge in [0.1, 0.15) is 0 Å². The van der Waals surface area contributed by atoms with E-state index in [9.17, 15) is 19.2 Å². The van der Waals surface area contributed by atoms with E-state index in [1.54, 1.807) is 0 Å². The van der Waals surface area contributed by atoms with Gasteiger partial charge in [-0.2, -0.15) is 5.01 Å². The van der Waals surface area contributed by atoms with E-state index in [0.29, 0.717) is 5.01 Å². The van der Waals surface area contributed by atoms with Crippen molar-refractivity contribution >= 4 is 23.6 Å². The molecule has 4 amide bonds. The SMILES string of the molecule is NC(=O)CCC(=O)NN1C(=O)C=CC1=O. The number of carbonyl (C=O) groups is 4. The number of nitrogens with two attached hydrogens (primary N) is 1. The van der Waals surface area contributed by atoms with E-state index in [1.165, 1.54) is 0 Å². The zero-order valence-electron chi connectivity index (χ0n) is 7.73. The van der Waals surface area contributed by atoms with Crippen molar-refractivity contribution in [2.45, 2.75) is 12.8 Å². The highest BCUT2D eigenvalue weighted by molar-refractivity contribution is 6.13. The monoisotopic (exact) mass is 211 g/mol. The quantitative estimate of drug-likeness (QED) is 0.535. The van der Waals surface area contributed by atoms with Crippen molar-refractivity contribution in [3.05, 3.63) is 12.2 Å². The number of hydrogen-bond donors (Lipinski definition) is 2. The minimum atomic E-state index is -0.623. The van der Waals surface area contributed by atoms with Crippen molar-refractivity contribution in [1.82, 2.24) is 10.4 Å². The van der Waals surface area contributed by atoms with E-state index in [0.717, 1.165) is 12.2 Å². The van der Waals surface area contributed by atoms with E-state index in [4.69, 9.17) is 5.73 Å². The van der Waals surface area contributed by atoms with Crippen LogP contribution >= 0.6 is 0 Å². The van der Waals surface area contributed by atoms with Crippen LogP contribution in [0.15, 0.2) is 12.2 Å². The van der Waals surface area contributed by atoms with Crippen LogP contribution in [0.2, 0.25) is 0 Å². The molecule has 80 valence electrons. The number of nitrogens with one attached hydrogen (secondary N) is 1. The van der Waals surface area contributed by atoms with Crippen LogP contribution in [-0.2, 0) is 19.2 Å². The first-order valence-electron chi connectivity index (χ1n) is 4.14. The highest BCUT2D eigenvalue weighted by Gasteiger charge is 2.25. The zero-order valence-corrected chi connectivity index (χ0v) is 7.73. The molecule has 0 bridgehead atoms. The van der Waals surface area contributed by atoms with Crippen molar-refractivity contribution in [3.63, 3.8) is 0 Å². The Balaban J connectivity index is 2.42. The first kappa shape index (κ1) is 10.9. The Hall–Kier alpha value is -2.18. The van der Waals surface area contributed by atoms with Crippen LogP contribution in [-0.4, -0.2) is 28.6 Å². The third-order valence-electron chi connectivity index (χ3n) is 1.64. The minimum Gasteiger partial charge on any atom is -0.370 e. The molecule has 7 heteroatoms. The van der Waals surface area contributed by atoms with Crippen LogP contribution in [0, 0.1) is 0 Å². The van der Waals surface area contributed by atoms with Gasteiger partial charge in [0.05, 0.1) is 0 Å². The molecular formula is C8H9N3O4. The maximum absolute atomic E-state index is 11.1. The van der Waals surface area contributed by atoms with Gasteiger partial charge >= 0.3 is 0 Å². The van der Waals surface area contributed by atoms with Crippen LogP contribution in [0.1, 0.15) is 12.8 Å². The molecule has 0 aromatic carbocycles. The van der Waals surface area contributed by atoms with Gasteiger partial charge in [-0.25, -0.2) is 0 Å². The van der Waals surface area contributed by atoms with Gasteiger partial charge in [0.15, 0.2) is 0 Å². The molecule has 1 rings (SSSR count). The number of rotatable bonds is 4. The Morgan fingerprint density at radius 2 is 1.73 bits per heavy atom. The van der Waals surface area contributed by atoms with Gasteiger partial charge in [0, 0.05) is 25.0 Å². The predicted molar refractivity (Wildman–Crippen MR) is 47.6 cm³/mol. The van der Waals surface area contributed by atoms with Gasteiger partial charge in [-0.05, 0) is 0 Å². The summed E-state index contributed by atoms with van der Waals surface area (Å²) in [6.07, 6.45) is 1.79.